The van der Waals surface area contributed by atoms with E-state index >= 15 is 0 Å². The van der Waals surface area contributed by atoms with E-state index < -0.39 is 0 Å². The van der Waals surface area contributed by atoms with Gasteiger partial charge in [-0.3, -0.25) is 4.68 Å². The van der Waals surface area contributed by atoms with Gasteiger partial charge in [0, 0.05) is 30.3 Å². The minimum absolute atomic E-state index is 0.513. The molecule has 0 aromatic carbocycles. The molecule has 20 heavy (non-hydrogen) atoms. The number of H-pyrrole nitrogens is 1. The average Bonchev–Trinajstić information content (AvgIpc) is 3.04. The lowest BCUT2D eigenvalue weighted by atomic mass is 9.99. The summed E-state index contributed by atoms with van der Waals surface area (Å²) in [4.78, 5) is 8.11. The molecule has 1 aliphatic rings. The lowest BCUT2D eigenvalue weighted by Gasteiger charge is -2.20. The third kappa shape index (κ3) is 2.26. The molecule has 3 heterocycles. The van der Waals surface area contributed by atoms with Gasteiger partial charge in [0.25, 0.3) is 0 Å². The Labute approximate surface area is 119 Å². The number of imidazole rings is 1. The second-order valence-corrected chi connectivity index (χ2v) is 5.59. The fourth-order valence-electron chi connectivity index (χ4n) is 3.15. The maximum Gasteiger partial charge on any atom is 0.110 e. The highest BCUT2D eigenvalue weighted by molar-refractivity contribution is 5.64. The number of nitrogens with one attached hydrogen (secondary N) is 2. The molecule has 1 unspecified atom stereocenters. The van der Waals surface area contributed by atoms with Gasteiger partial charge in [-0.05, 0) is 40.2 Å². The SMILES string of the molecule is CCn1nc(C)c(-c2cnc(C3CCCNC3)[nH]2)c1C. The van der Waals surface area contributed by atoms with Gasteiger partial charge in [-0.1, -0.05) is 0 Å². The van der Waals surface area contributed by atoms with Crippen LogP contribution in [0.3, 0.4) is 0 Å². The smallest absolute Gasteiger partial charge is 0.110 e. The van der Waals surface area contributed by atoms with Crippen LogP contribution in [0.25, 0.3) is 11.3 Å². The van der Waals surface area contributed by atoms with Crippen LogP contribution < -0.4 is 5.32 Å². The Balaban J connectivity index is 1.91. The van der Waals surface area contributed by atoms with E-state index in [0.717, 1.165) is 36.8 Å². The number of hydrogen-bond donors (Lipinski definition) is 2. The molecule has 108 valence electrons. The molecule has 1 aliphatic heterocycles. The molecule has 0 bridgehead atoms. The zero-order valence-corrected chi connectivity index (χ0v) is 12.5. The van der Waals surface area contributed by atoms with E-state index in [1.165, 1.54) is 24.1 Å². The molecule has 2 N–H and O–H groups in total. The molecular formula is C15H23N5. The van der Waals surface area contributed by atoms with E-state index in [4.69, 9.17) is 0 Å². The number of rotatable bonds is 3. The second kappa shape index (κ2) is 5.40. The van der Waals surface area contributed by atoms with Gasteiger partial charge in [-0.15, -0.1) is 0 Å². The Hall–Kier alpha value is -1.62. The first-order valence-electron chi connectivity index (χ1n) is 7.50. The fraction of sp³-hybridized carbons (Fsp3) is 0.600. The largest absolute Gasteiger partial charge is 0.342 e. The molecule has 5 nitrogen and oxygen atoms in total. The van der Waals surface area contributed by atoms with Crippen LogP contribution in [0.5, 0.6) is 0 Å². The van der Waals surface area contributed by atoms with Crippen molar-refractivity contribution in [1.82, 2.24) is 25.1 Å². The minimum atomic E-state index is 0.513. The van der Waals surface area contributed by atoms with Crippen LogP contribution in [0, 0.1) is 13.8 Å². The van der Waals surface area contributed by atoms with E-state index in [9.17, 15) is 0 Å². The Morgan fingerprint density at radius 1 is 1.40 bits per heavy atom. The van der Waals surface area contributed by atoms with Gasteiger partial charge in [0.2, 0.25) is 0 Å². The lowest BCUT2D eigenvalue weighted by molar-refractivity contribution is 0.449. The van der Waals surface area contributed by atoms with Gasteiger partial charge < -0.3 is 10.3 Å². The predicted octanol–water partition coefficient (Wildman–Crippen LogP) is 2.38. The first-order valence-corrected chi connectivity index (χ1v) is 7.50. The summed E-state index contributed by atoms with van der Waals surface area (Å²) in [5, 5.41) is 8.03. The zero-order valence-electron chi connectivity index (χ0n) is 12.5. The Morgan fingerprint density at radius 2 is 2.25 bits per heavy atom. The highest BCUT2D eigenvalue weighted by atomic mass is 15.3. The van der Waals surface area contributed by atoms with Gasteiger partial charge in [0.15, 0.2) is 0 Å². The van der Waals surface area contributed by atoms with Crippen molar-refractivity contribution < 1.29 is 0 Å². The van der Waals surface area contributed by atoms with Crippen molar-refractivity contribution in [3.63, 3.8) is 0 Å². The maximum absolute atomic E-state index is 4.60. The summed E-state index contributed by atoms with van der Waals surface area (Å²) in [6.07, 6.45) is 4.40. The van der Waals surface area contributed by atoms with Crippen molar-refractivity contribution in [2.45, 2.75) is 46.1 Å². The maximum atomic E-state index is 4.60. The summed E-state index contributed by atoms with van der Waals surface area (Å²) >= 11 is 0. The van der Waals surface area contributed by atoms with Crippen molar-refractivity contribution in [2.75, 3.05) is 13.1 Å². The number of hydrogen-bond acceptors (Lipinski definition) is 3. The molecular weight excluding hydrogens is 250 g/mol. The molecule has 2 aromatic heterocycles. The van der Waals surface area contributed by atoms with Crippen LogP contribution in [0.4, 0.5) is 0 Å². The third-order valence-electron chi connectivity index (χ3n) is 4.23. The Morgan fingerprint density at radius 3 is 2.90 bits per heavy atom. The average molecular weight is 273 g/mol. The summed E-state index contributed by atoms with van der Waals surface area (Å²) in [6.45, 7) is 9.37. The van der Waals surface area contributed by atoms with Crippen LogP contribution in [0.1, 0.15) is 42.9 Å². The summed E-state index contributed by atoms with van der Waals surface area (Å²) in [5.41, 5.74) is 4.58. The predicted molar refractivity (Wildman–Crippen MR) is 79.8 cm³/mol. The standard InChI is InChI=1S/C15H23N5/c1-4-20-11(3)14(10(2)19-20)13-9-17-15(18-13)12-6-5-7-16-8-12/h9,12,16H,4-8H2,1-3H3,(H,17,18). The quantitative estimate of drug-likeness (QED) is 0.902. The molecule has 3 rings (SSSR count). The summed E-state index contributed by atoms with van der Waals surface area (Å²) in [7, 11) is 0. The molecule has 1 saturated heterocycles. The molecule has 1 atom stereocenters. The van der Waals surface area contributed by atoms with Crippen LogP contribution in [-0.4, -0.2) is 32.8 Å². The van der Waals surface area contributed by atoms with Crippen molar-refractivity contribution in [3.05, 3.63) is 23.4 Å². The van der Waals surface area contributed by atoms with Gasteiger partial charge >= 0.3 is 0 Å². The molecule has 0 amide bonds. The number of nitrogens with zero attached hydrogens (tertiary/aromatic N) is 3. The molecule has 0 saturated carbocycles. The van der Waals surface area contributed by atoms with Gasteiger partial charge in [0.1, 0.15) is 5.82 Å². The molecule has 0 aliphatic carbocycles. The first kappa shape index (κ1) is 13.4. The van der Waals surface area contributed by atoms with Crippen molar-refractivity contribution in [2.24, 2.45) is 0 Å². The Kier molecular flexibility index (Phi) is 3.61. The number of aryl methyl sites for hydroxylation is 2. The van der Waals surface area contributed by atoms with E-state index in [2.05, 4.69) is 41.2 Å². The molecule has 2 aromatic rings. The second-order valence-electron chi connectivity index (χ2n) is 5.59. The summed E-state index contributed by atoms with van der Waals surface area (Å²) < 4.78 is 2.05. The van der Waals surface area contributed by atoms with E-state index in [1.807, 2.05) is 10.9 Å². The van der Waals surface area contributed by atoms with Gasteiger partial charge in [-0.2, -0.15) is 5.10 Å². The van der Waals surface area contributed by atoms with E-state index in [1.54, 1.807) is 0 Å². The molecule has 0 radical (unpaired) electrons. The van der Waals surface area contributed by atoms with Crippen molar-refractivity contribution in [3.8, 4) is 11.3 Å². The topological polar surface area (TPSA) is 58.5 Å². The zero-order chi connectivity index (χ0) is 14.1. The minimum Gasteiger partial charge on any atom is -0.342 e. The van der Waals surface area contributed by atoms with Crippen molar-refractivity contribution in [1.29, 1.82) is 0 Å². The van der Waals surface area contributed by atoms with E-state index in [0.29, 0.717) is 5.92 Å². The Bertz CT molecular complexity index is 589. The first-order chi connectivity index (χ1) is 9.70. The molecule has 5 heteroatoms. The molecule has 1 fully saturated rings. The normalized spacial score (nSPS) is 19.4. The monoisotopic (exact) mass is 273 g/mol. The third-order valence-corrected chi connectivity index (χ3v) is 4.23. The number of aromatic amines is 1. The number of piperidine rings is 1. The van der Waals surface area contributed by atoms with Crippen LogP contribution in [0.2, 0.25) is 0 Å². The van der Waals surface area contributed by atoms with Crippen LogP contribution >= 0.6 is 0 Å². The van der Waals surface area contributed by atoms with Gasteiger partial charge in [-0.25, -0.2) is 4.98 Å². The fourth-order valence-corrected chi connectivity index (χ4v) is 3.15. The highest BCUT2D eigenvalue weighted by Crippen LogP contribution is 2.28. The lowest BCUT2D eigenvalue weighted by Crippen LogP contribution is -2.28. The highest BCUT2D eigenvalue weighted by Gasteiger charge is 2.20. The number of aromatic nitrogens is 4. The van der Waals surface area contributed by atoms with Gasteiger partial charge in [0.05, 0.1) is 17.6 Å². The van der Waals surface area contributed by atoms with Crippen LogP contribution in [-0.2, 0) is 6.54 Å². The molecule has 0 spiro atoms. The van der Waals surface area contributed by atoms with Crippen LogP contribution in [0.15, 0.2) is 6.20 Å². The van der Waals surface area contributed by atoms with Crippen molar-refractivity contribution >= 4 is 0 Å². The summed E-state index contributed by atoms with van der Waals surface area (Å²) in [5.74, 6) is 1.62. The summed E-state index contributed by atoms with van der Waals surface area (Å²) in [6, 6.07) is 0. The van der Waals surface area contributed by atoms with E-state index in [-0.39, 0.29) is 0 Å².